The second kappa shape index (κ2) is 6.16. The quantitative estimate of drug-likeness (QED) is 0.749. The van der Waals surface area contributed by atoms with Crippen molar-refractivity contribution in [3.63, 3.8) is 0 Å². The lowest BCUT2D eigenvalue weighted by Crippen LogP contribution is -2.58. The minimum Gasteiger partial charge on any atom is -0.348 e. The molecule has 1 aromatic rings. The molecule has 2 atom stereocenters. The molecule has 0 spiro atoms. The summed E-state index contributed by atoms with van der Waals surface area (Å²) in [6.45, 7) is 1.32. The summed E-state index contributed by atoms with van der Waals surface area (Å²) < 4.78 is 27.3. The van der Waals surface area contributed by atoms with Crippen LogP contribution in [0.4, 0.5) is 5.95 Å². The molecule has 0 aromatic carbocycles. The molecular weight excluding hydrogens is 354 g/mol. The van der Waals surface area contributed by atoms with Crippen molar-refractivity contribution < 1.29 is 13.2 Å². The van der Waals surface area contributed by atoms with Gasteiger partial charge in [-0.3, -0.25) is 4.79 Å². The predicted octanol–water partition coefficient (Wildman–Crippen LogP) is 0.328. The highest BCUT2D eigenvalue weighted by Crippen LogP contribution is 2.46. The lowest BCUT2D eigenvalue weighted by Gasteiger charge is -2.45. The number of aromatic nitrogens is 2. The number of amides is 1. The van der Waals surface area contributed by atoms with E-state index in [-0.39, 0.29) is 23.7 Å². The van der Waals surface area contributed by atoms with Gasteiger partial charge in [0.05, 0.1) is 16.7 Å². The molecule has 8 nitrogen and oxygen atoms in total. The van der Waals surface area contributed by atoms with E-state index in [2.05, 4.69) is 9.97 Å². The maximum Gasteiger partial charge on any atom is 0.231 e. The van der Waals surface area contributed by atoms with Gasteiger partial charge in [-0.05, 0) is 31.7 Å². The fraction of sp³-hybridized carbons (Fsp3) is 0.706. The maximum absolute atomic E-state index is 13.2. The summed E-state index contributed by atoms with van der Waals surface area (Å²) in [4.78, 5) is 25.5. The minimum absolute atomic E-state index is 0.00312. The topological polar surface area (TPSA) is 86.7 Å². The summed E-state index contributed by atoms with van der Waals surface area (Å²) in [5.41, 5.74) is -0.733. The molecule has 1 amide bonds. The molecule has 3 heterocycles. The van der Waals surface area contributed by atoms with E-state index in [1.54, 1.807) is 41.8 Å². The Hall–Kier alpha value is -1.74. The highest BCUT2D eigenvalue weighted by molar-refractivity contribution is 7.90. The van der Waals surface area contributed by atoms with E-state index in [0.29, 0.717) is 18.9 Å². The summed E-state index contributed by atoms with van der Waals surface area (Å²) in [6, 6.07) is 1.52. The van der Waals surface area contributed by atoms with Crippen molar-refractivity contribution in [2.24, 2.45) is 5.41 Å². The fourth-order valence-electron chi connectivity index (χ4n) is 4.43. The van der Waals surface area contributed by atoms with E-state index in [4.69, 9.17) is 0 Å². The molecule has 142 valence electrons. The first-order valence-electron chi connectivity index (χ1n) is 9.11. The summed E-state index contributed by atoms with van der Waals surface area (Å²) in [6.07, 6.45) is 6.31. The van der Waals surface area contributed by atoms with Crippen LogP contribution in [0.2, 0.25) is 0 Å². The Morgan fingerprint density at radius 2 is 1.96 bits per heavy atom. The SMILES string of the molecule is CN(C)C(=O)[C@]12CCCN(c3ncccn3)[C@H]1CN(S(=O)(=O)C1CC1)C2. The third-order valence-corrected chi connectivity index (χ3v) is 8.13. The number of carbonyl (C=O) groups excluding carboxylic acids is 1. The number of fused-ring (bicyclic) bond motifs is 1. The summed E-state index contributed by atoms with van der Waals surface area (Å²) in [5, 5.41) is -0.268. The Bertz CT molecular complexity index is 796. The largest absolute Gasteiger partial charge is 0.348 e. The first-order valence-corrected chi connectivity index (χ1v) is 10.6. The van der Waals surface area contributed by atoms with Gasteiger partial charge in [-0.15, -0.1) is 0 Å². The normalized spacial score (nSPS) is 29.5. The number of hydrogen-bond acceptors (Lipinski definition) is 6. The van der Waals surface area contributed by atoms with Gasteiger partial charge in [-0.2, -0.15) is 4.31 Å². The van der Waals surface area contributed by atoms with E-state index >= 15 is 0 Å². The first kappa shape index (κ1) is 17.7. The molecule has 0 bridgehead atoms. The molecule has 2 aliphatic heterocycles. The Labute approximate surface area is 154 Å². The highest BCUT2D eigenvalue weighted by Gasteiger charge is 2.60. The molecule has 3 aliphatic rings. The Morgan fingerprint density at radius 1 is 1.27 bits per heavy atom. The number of hydrogen-bond donors (Lipinski definition) is 0. The van der Waals surface area contributed by atoms with Gasteiger partial charge >= 0.3 is 0 Å². The Morgan fingerprint density at radius 3 is 2.58 bits per heavy atom. The van der Waals surface area contributed by atoms with Crippen LogP contribution in [0.1, 0.15) is 25.7 Å². The van der Waals surface area contributed by atoms with Gasteiger partial charge in [-0.25, -0.2) is 18.4 Å². The number of rotatable bonds is 4. The summed E-state index contributed by atoms with van der Waals surface area (Å²) >= 11 is 0. The van der Waals surface area contributed by atoms with Crippen LogP contribution >= 0.6 is 0 Å². The molecule has 1 saturated carbocycles. The van der Waals surface area contributed by atoms with Crippen LogP contribution in [0, 0.1) is 5.41 Å². The molecule has 26 heavy (non-hydrogen) atoms. The summed E-state index contributed by atoms with van der Waals surface area (Å²) in [5.74, 6) is 0.565. The number of sulfonamides is 1. The standard InChI is InChI=1S/C17H25N5O3S/c1-20(2)15(23)17-7-3-10-22(16-18-8-4-9-19-16)14(17)11-21(12-17)26(24,25)13-5-6-13/h4,8-9,13-14H,3,5-7,10-12H2,1-2H3/t14-,17-/m0/s1. The molecule has 1 aliphatic carbocycles. The van der Waals surface area contributed by atoms with E-state index in [1.165, 1.54) is 0 Å². The fourth-order valence-corrected chi connectivity index (χ4v) is 6.34. The number of anilines is 1. The zero-order chi connectivity index (χ0) is 18.5. The van der Waals surface area contributed by atoms with Gasteiger partial charge in [0.25, 0.3) is 0 Å². The number of piperidine rings is 1. The van der Waals surface area contributed by atoms with Crippen molar-refractivity contribution in [3.05, 3.63) is 18.5 Å². The van der Waals surface area contributed by atoms with Gasteiger partial charge in [0.1, 0.15) is 0 Å². The molecular formula is C17H25N5O3S. The van der Waals surface area contributed by atoms with Gasteiger partial charge in [0, 0.05) is 46.1 Å². The van der Waals surface area contributed by atoms with Crippen LogP contribution in [0.5, 0.6) is 0 Å². The number of nitrogens with zero attached hydrogens (tertiary/aromatic N) is 5. The van der Waals surface area contributed by atoms with Crippen LogP contribution in [-0.4, -0.2) is 78.5 Å². The molecule has 3 fully saturated rings. The van der Waals surface area contributed by atoms with Crippen molar-refractivity contribution in [2.75, 3.05) is 38.6 Å². The van der Waals surface area contributed by atoms with E-state index in [1.807, 2.05) is 4.90 Å². The van der Waals surface area contributed by atoms with Crippen LogP contribution in [0.25, 0.3) is 0 Å². The van der Waals surface area contributed by atoms with Crippen LogP contribution in [0.15, 0.2) is 18.5 Å². The van der Waals surface area contributed by atoms with Crippen molar-refractivity contribution in [1.29, 1.82) is 0 Å². The second-order valence-corrected chi connectivity index (χ2v) is 9.97. The minimum atomic E-state index is -3.33. The second-order valence-electron chi connectivity index (χ2n) is 7.75. The predicted molar refractivity (Wildman–Crippen MR) is 97.0 cm³/mol. The van der Waals surface area contributed by atoms with Crippen molar-refractivity contribution in [2.45, 2.75) is 37.0 Å². The third-order valence-electron chi connectivity index (χ3n) is 5.82. The van der Waals surface area contributed by atoms with Gasteiger partial charge in [-0.1, -0.05) is 0 Å². The van der Waals surface area contributed by atoms with Crippen LogP contribution in [-0.2, 0) is 14.8 Å². The molecule has 9 heteroatoms. The van der Waals surface area contributed by atoms with Crippen LogP contribution < -0.4 is 4.90 Å². The zero-order valence-corrected chi connectivity index (χ0v) is 16.0. The molecule has 0 radical (unpaired) electrons. The van der Waals surface area contributed by atoms with Gasteiger partial charge in [0.15, 0.2) is 0 Å². The molecule has 2 saturated heterocycles. The van der Waals surface area contributed by atoms with Crippen molar-refractivity contribution >= 4 is 21.9 Å². The van der Waals surface area contributed by atoms with E-state index in [0.717, 1.165) is 25.8 Å². The average Bonchev–Trinajstić information content (AvgIpc) is 3.41. The Kier molecular flexibility index (Phi) is 4.18. The van der Waals surface area contributed by atoms with E-state index in [9.17, 15) is 13.2 Å². The van der Waals surface area contributed by atoms with Crippen molar-refractivity contribution in [1.82, 2.24) is 19.2 Å². The highest BCUT2D eigenvalue weighted by atomic mass is 32.2. The lowest BCUT2D eigenvalue weighted by atomic mass is 9.74. The summed E-state index contributed by atoms with van der Waals surface area (Å²) in [7, 11) is 0.149. The van der Waals surface area contributed by atoms with E-state index < -0.39 is 15.4 Å². The van der Waals surface area contributed by atoms with Crippen molar-refractivity contribution in [3.8, 4) is 0 Å². The first-order chi connectivity index (χ1) is 12.4. The van der Waals surface area contributed by atoms with Crippen LogP contribution in [0.3, 0.4) is 0 Å². The number of carbonyl (C=O) groups is 1. The monoisotopic (exact) mass is 379 g/mol. The average molecular weight is 379 g/mol. The Balaban J connectivity index is 1.74. The van der Waals surface area contributed by atoms with Gasteiger partial charge < -0.3 is 9.80 Å². The smallest absolute Gasteiger partial charge is 0.231 e. The van der Waals surface area contributed by atoms with Gasteiger partial charge in [0.2, 0.25) is 21.9 Å². The lowest BCUT2D eigenvalue weighted by molar-refractivity contribution is -0.140. The molecule has 0 N–H and O–H groups in total. The third kappa shape index (κ3) is 2.68. The zero-order valence-electron chi connectivity index (χ0n) is 15.2. The molecule has 4 rings (SSSR count). The molecule has 1 aromatic heterocycles. The molecule has 0 unspecified atom stereocenters. The maximum atomic E-state index is 13.2.